The molecule has 0 aliphatic heterocycles. The van der Waals surface area contributed by atoms with Gasteiger partial charge in [-0.1, -0.05) is 17.7 Å². The van der Waals surface area contributed by atoms with E-state index in [1.54, 1.807) is 19.1 Å². The van der Waals surface area contributed by atoms with Crippen LogP contribution in [0.15, 0.2) is 18.2 Å². The van der Waals surface area contributed by atoms with Crippen molar-refractivity contribution < 1.29 is 9.18 Å². The highest BCUT2D eigenvalue weighted by Crippen LogP contribution is 2.14. The minimum Gasteiger partial charge on any atom is -0.368 e. The molecule has 1 aromatic rings. The first kappa shape index (κ1) is 11.9. The van der Waals surface area contributed by atoms with Crippen molar-refractivity contribution in [3.05, 3.63) is 34.6 Å². The van der Waals surface area contributed by atoms with Crippen LogP contribution in [0.25, 0.3) is 0 Å². The fraction of sp³-hybridized carbons (Fsp3) is 0.300. The lowest BCUT2D eigenvalue weighted by molar-refractivity contribution is -0.119. The molecule has 0 saturated carbocycles. The zero-order valence-corrected chi connectivity index (χ0v) is 9.01. The number of hydrogen-bond acceptors (Lipinski definition) is 2. The Bertz CT molecular complexity index is 370. The summed E-state index contributed by atoms with van der Waals surface area (Å²) in [5, 5.41) is 3.15. The molecule has 15 heavy (non-hydrogen) atoms. The van der Waals surface area contributed by atoms with Gasteiger partial charge in [0.25, 0.3) is 0 Å². The van der Waals surface area contributed by atoms with Gasteiger partial charge in [-0.25, -0.2) is 4.39 Å². The first-order chi connectivity index (χ1) is 7.00. The largest absolute Gasteiger partial charge is 0.368 e. The van der Waals surface area contributed by atoms with Gasteiger partial charge in [0.1, 0.15) is 5.82 Å². The van der Waals surface area contributed by atoms with E-state index in [0.717, 1.165) is 0 Å². The highest BCUT2D eigenvalue weighted by atomic mass is 35.5. The summed E-state index contributed by atoms with van der Waals surface area (Å²) < 4.78 is 13.3. The van der Waals surface area contributed by atoms with Crippen molar-refractivity contribution in [2.45, 2.75) is 19.5 Å². The Kier molecular flexibility index (Phi) is 4.05. The van der Waals surface area contributed by atoms with E-state index in [4.69, 9.17) is 17.3 Å². The Morgan fingerprint density at radius 3 is 2.87 bits per heavy atom. The van der Waals surface area contributed by atoms with E-state index < -0.39 is 17.8 Å². The predicted molar refractivity (Wildman–Crippen MR) is 56.9 cm³/mol. The fourth-order valence-corrected chi connectivity index (χ4v) is 1.19. The van der Waals surface area contributed by atoms with Crippen LogP contribution >= 0.6 is 11.6 Å². The predicted octanol–water partition coefficient (Wildman–Crippen LogP) is 1.44. The van der Waals surface area contributed by atoms with Crippen molar-refractivity contribution in [1.29, 1.82) is 0 Å². The minimum atomic E-state index is -0.486. The lowest BCUT2D eigenvalue weighted by atomic mass is 10.2. The van der Waals surface area contributed by atoms with E-state index in [1.807, 2.05) is 0 Å². The van der Waals surface area contributed by atoms with E-state index in [0.29, 0.717) is 10.6 Å². The molecule has 1 rings (SSSR count). The van der Waals surface area contributed by atoms with Crippen molar-refractivity contribution in [3.8, 4) is 0 Å². The van der Waals surface area contributed by atoms with E-state index in [9.17, 15) is 9.18 Å². The zero-order chi connectivity index (χ0) is 11.4. The molecule has 0 saturated heterocycles. The summed E-state index contributed by atoms with van der Waals surface area (Å²) in [6.07, 6.45) is 0. The van der Waals surface area contributed by atoms with Crippen LogP contribution in [-0.4, -0.2) is 11.9 Å². The highest BCUT2D eigenvalue weighted by Gasteiger charge is 2.09. The van der Waals surface area contributed by atoms with Crippen LogP contribution in [0.5, 0.6) is 0 Å². The van der Waals surface area contributed by atoms with Crippen LogP contribution in [0.2, 0.25) is 5.02 Å². The maximum absolute atomic E-state index is 13.3. The number of carbonyl (C=O) groups excluding carboxylic acids is 1. The molecule has 1 unspecified atom stereocenters. The summed E-state index contributed by atoms with van der Waals surface area (Å²) in [6, 6.07) is 3.91. The number of carbonyl (C=O) groups is 1. The van der Waals surface area contributed by atoms with Gasteiger partial charge >= 0.3 is 0 Å². The van der Waals surface area contributed by atoms with Crippen LogP contribution in [0.1, 0.15) is 12.5 Å². The van der Waals surface area contributed by atoms with Crippen molar-refractivity contribution in [1.82, 2.24) is 5.32 Å². The minimum absolute atomic E-state index is 0.243. The number of hydrogen-bond donors (Lipinski definition) is 2. The van der Waals surface area contributed by atoms with Crippen LogP contribution in [0, 0.1) is 5.82 Å². The number of benzene rings is 1. The Morgan fingerprint density at radius 2 is 2.33 bits per heavy atom. The van der Waals surface area contributed by atoms with Crippen LogP contribution < -0.4 is 11.1 Å². The summed E-state index contributed by atoms with van der Waals surface area (Å²) >= 11 is 5.60. The third-order valence-electron chi connectivity index (χ3n) is 2.04. The molecule has 0 fully saturated rings. The summed E-state index contributed by atoms with van der Waals surface area (Å²) in [5.74, 6) is -0.865. The lowest BCUT2D eigenvalue weighted by Crippen LogP contribution is -2.38. The zero-order valence-electron chi connectivity index (χ0n) is 8.26. The van der Waals surface area contributed by atoms with Gasteiger partial charge in [0.15, 0.2) is 0 Å². The molecule has 0 aliphatic carbocycles. The smallest absolute Gasteiger partial charge is 0.234 e. The second-order valence-electron chi connectivity index (χ2n) is 3.24. The molecule has 0 heterocycles. The normalized spacial score (nSPS) is 12.5. The molecule has 0 radical (unpaired) electrons. The Morgan fingerprint density at radius 1 is 1.67 bits per heavy atom. The van der Waals surface area contributed by atoms with E-state index in [1.165, 1.54) is 6.07 Å². The fourth-order valence-electron chi connectivity index (χ4n) is 1.03. The molecule has 0 bridgehead atoms. The standard InChI is InChI=1S/C10H12ClFN2O/c1-6(10(13)15)14-5-7-2-3-8(11)4-9(7)12/h2-4,6,14H,5H2,1H3,(H2,13,15). The van der Waals surface area contributed by atoms with E-state index >= 15 is 0 Å². The monoisotopic (exact) mass is 230 g/mol. The third kappa shape index (κ3) is 3.49. The van der Waals surface area contributed by atoms with Crippen molar-refractivity contribution in [2.24, 2.45) is 5.73 Å². The van der Waals surface area contributed by atoms with Crippen molar-refractivity contribution in [2.75, 3.05) is 0 Å². The average molecular weight is 231 g/mol. The summed E-state index contributed by atoms with van der Waals surface area (Å²) in [7, 11) is 0. The Balaban J connectivity index is 2.62. The van der Waals surface area contributed by atoms with E-state index in [-0.39, 0.29) is 6.54 Å². The maximum Gasteiger partial charge on any atom is 0.234 e. The summed E-state index contributed by atoms with van der Waals surface area (Å²) in [5.41, 5.74) is 5.50. The molecule has 82 valence electrons. The van der Waals surface area contributed by atoms with Gasteiger partial charge < -0.3 is 11.1 Å². The van der Waals surface area contributed by atoms with Gasteiger partial charge in [-0.2, -0.15) is 0 Å². The van der Waals surface area contributed by atoms with Crippen LogP contribution in [-0.2, 0) is 11.3 Å². The SMILES string of the molecule is CC(NCc1ccc(Cl)cc1F)C(N)=O. The first-order valence-corrected chi connectivity index (χ1v) is 4.85. The van der Waals surface area contributed by atoms with Gasteiger partial charge in [-0.3, -0.25) is 4.79 Å². The third-order valence-corrected chi connectivity index (χ3v) is 2.28. The lowest BCUT2D eigenvalue weighted by Gasteiger charge is -2.10. The maximum atomic E-state index is 13.3. The molecule has 3 nitrogen and oxygen atoms in total. The first-order valence-electron chi connectivity index (χ1n) is 4.47. The number of primary amides is 1. The molecule has 1 atom stereocenters. The molecule has 1 aromatic carbocycles. The van der Waals surface area contributed by atoms with Gasteiger partial charge in [0.05, 0.1) is 6.04 Å². The number of nitrogens with two attached hydrogens (primary N) is 1. The quantitative estimate of drug-likeness (QED) is 0.823. The number of nitrogens with one attached hydrogen (secondary N) is 1. The van der Waals surface area contributed by atoms with Gasteiger partial charge in [0.2, 0.25) is 5.91 Å². The van der Waals surface area contributed by atoms with Crippen molar-refractivity contribution >= 4 is 17.5 Å². The molecular formula is C10H12ClFN2O. The van der Waals surface area contributed by atoms with Gasteiger partial charge in [-0.15, -0.1) is 0 Å². The molecule has 0 aromatic heterocycles. The van der Waals surface area contributed by atoms with Crippen LogP contribution in [0.3, 0.4) is 0 Å². The topological polar surface area (TPSA) is 55.1 Å². The summed E-state index contributed by atoms with van der Waals surface area (Å²) in [4.78, 5) is 10.7. The molecule has 0 spiro atoms. The second kappa shape index (κ2) is 5.09. The summed E-state index contributed by atoms with van der Waals surface area (Å²) in [6.45, 7) is 1.86. The number of rotatable bonds is 4. The second-order valence-corrected chi connectivity index (χ2v) is 3.68. The molecule has 0 aliphatic rings. The van der Waals surface area contributed by atoms with Crippen LogP contribution in [0.4, 0.5) is 4.39 Å². The van der Waals surface area contributed by atoms with Crippen molar-refractivity contribution in [3.63, 3.8) is 0 Å². The molecule has 5 heteroatoms. The van der Waals surface area contributed by atoms with Gasteiger partial charge in [-0.05, 0) is 19.1 Å². The molecule has 1 amide bonds. The molecule has 3 N–H and O–H groups in total. The average Bonchev–Trinajstić information content (AvgIpc) is 2.15. The van der Waals surface area contributed by atoms with Gasteiger partial charge in [0, 0.05) is 17.1 Å². The Hall–Kier alpha value is -1.13. The molecular weight excluding hydrogens is 219 g/mol. The highest BCUT2D eigenvalue weighted by molar-refractivity contribution is 6.30. The van der Waals surface area contributed by atoms with E-state index in [2.05, 4.69) is 5.32 Å². The Labute approximate surface area is 92.4 Å². The number of halogens is 2. The number of amides is 1.